The molecule has 0 amide bonds. The Morgan fingerprint density at radius 2 is 1.86 bits per heavy atom. The van der Waals surface area contributed by atoms with Crippen molar-refractivity contribution < 1.29 is 15.3 Å². The lowest BCUT2D eigenvalue weighted by Crippen LogP contribution is -2.41. The molecular weight excluding hydrogens is 368 g/mol. The number of rotatable bonds is 11. The third-order valence-corrected chi connectivity index (χ3v) is 6.72. The number of hydrogen-bond donors (Lipinski definition) is 7. The minimum atomic E-state index is -0.764. The third-order valence-electron chi connectivity index (χ3n) is 6.72. The number of hydrogen-bond acceptors (Lipinski definition) is 6. The molecule has 1 aliphatic rings. The Hall–Kier alpha value is -1.15. The lowest BCUT2D eigenvalue weighted by atomic mass is 9.73. The van der Waals surface area contributed by atoms with Crippen molar-refractivity contribution in [1.82, 2.24) is 5.32 Å². The fourth-order valence-corrected chi connectivity index (χ4v) is 4.42. The number of aliphatic hydroxyl groups excluding tert-OH is 3. The molecule has 1 aliphatic carbocycles. The van der Waals surface area contributed by atoms with Gasteiger partial charge in [-0.25, -0.2) is 0 Å². The molecule has 7 heteroatoms. The van der Waals surface area contributed by atoms with Crippen LogP contribution in [0.4, 0.5) is 0 Å². The van der Waals surface area contributed by atoms with Gasteiger partial charge in [0.15, 0.2) is 0 Å². The summed E-state index contributed by atoms with van der Waals surface area (Å²) in [4.78, 5) is 0. The predicted octanol–water partition coefficient (Wildman–Crippen LogP) is 1.71. The van der Waals surface area contributed by atoms with Gasteiger partial charge in [-0.2, -0.15) is 0 Å². The zero-order valence-corrected chi connectivity index (χ0v) is 18.7. The van der Waals surface area contributed by atoms with Gasteiger partial charge in [0.2, 0.25) is 0 Å². The number of aliphatic hydroxyl groups is 3. The van der Waals surface area contributed by atoms with E-state index >= 15 is 0 Å². The van der Waals surface area contributed by atoms with Crippen molar-refractivity contribution in [3.05, 3.63) is 11.3 Å². The first-order valence-corrected chi connectivity index (χ1v) is 11.1. The van der Waals surface area contributed by atoms with Gasteiger partial charge in [0.25, 0.3) is 0 Å². The molecule has 0 saturated heterocycles. The summed E-state index contributed by atoms with van der Waals surface area (Å²) in [6.07, 6.45) is 3.78. The van der Waals surface area contributed by atoms with Gasteiger partial charge in [-0.3, -0.25) is 5.41 Å². The lowest BCUT2D eigenvalue weighted by molar-refractivity contribution is 0.0272. The van der Waals surface area contributed by atoms with E-state index in [-0.39, 0.29) is 30.2 Å². The molecule has 9 N–H and O–H groups in total. The Labute approximate surface area is 176 Å². The van der Waals surface area contributed by atoms with Crippen LogP contribution in [0, 0.1) is 29.1 Å². The Morgan fingerprint density at radius 3 is 2.45 bits per heavy atom. The van der Waals surface area contributed by atoms with Crippen LogP contribution in [-0.2, 0) is 0 Å². The summed E-state index contributed by atoms with van der Waals surface area (Å²) < 4.78 is 0. The van der Waals surface area contributed by atoms with Crippen LogP contribution >= 0.6 is 0 Å². The van der Waals surface area contributed by atoms with E-state index in [1.54, 1.807) is 6.92 Å². The fraction of sp³-hybridized carbons (Fsp3) is 0.864. The Bertz CT molecular complexity index is 540. The Morgan fingerprint density at radius 1 is 1.21 bits per heavy atom. The topological polar surface area (TPSA) is 149 Å². The highest BCUT2D eigenvalue weighted by molar-refractivity contribution is 5.78. The molecule has 7 nitrogen and oxygen atoms in total. The molecular formula is C22H44N4O3. The maximum Gasteiger partial charge on any atom is 0.0928 e. The molecule has 0 aromatic carbocycles. The largest absolute Gasteiger partial charge is 0.400 e. The van der Waals surface area contributed by atoms with E-state index in [9.17, 15) is 10.2 Å². The van der Waals surface area contributed by atoms with Gasteiger partial charge in [-0.05, 0) is 68.3 Å². The van der Waals surface area contributed by atoms with E-state index < -0.39 is 12.2 Å². The average molecular weight is 413 g/mol. The average Bonchev–Trinajstić information content (AvgIpc) is 2.71. The SMILES string of the molecule is CCC(=N)NCC1CCC(N)C(CC(C)C(O)C(C)CC(O)/C(C)=C(\N)CO)C1. The molecule has 1 rings (SSSR count). The first kappa shape index (κ1) is 25.9. The fourth-order valence-electron chi connectivity index (χ4n) is 4.42. The van der Waals surface area contributed by atoms with E-state index in [0.717, 1.165) is 38.6 Å². The Kier molecular flexibility index (Phi) is 11.2. The van der Waals surface area contributed by atoms with Crippen LogP contribution in [0.2, 0.25) is 0 Å². The molecule has 0 aliphatic heterocycles. The van der Waals surface area contributed by atoms with Crippen molar-refractivity contribution in [2.45, 2.75) is 84.5 Å². The maximum atomic E-state index is 10.8. The van der Waals surface area contributed by atoms with E-state index in [1.165, 1.54) is 0 Å². The smallest absolute Gasteiger partial charge is 0.0928 e. The van der Waals surface area contributed by atoms with Crippen LogP contribution in [-0.4, -0.2) is 52.6 Å². The summed E-state index contributed by atoms with van der Waals surface area (Å²) >= 11 is 0. The lowest BCUT2D eigenvalue weighted by Gasteiger charge is -2.37. The van der Waals surface area contributed by atoms with Crippen LogP contribution in [0.3, 0.4) is 0 Å². The summed E-state index contributed by atoms with van der Waals surface area (Å²) in [6.45, 7) is 8.24. The zero-order chi connectivity index (χ0) is 22.1. The molecule has 0 heterocycles. The van der Waals surface area contributed by atoms with Crippen LogP contribution in [0.5, 0.6) is 0 Å². The highest BCUT2D eigenvalue weighted by atomic mass is 16.3. The first-order valence-electron chi connectivity index (χ1n) is 11.1. The summed E-state index contributed by atoms with van der Waals surface area (Å²) in [5.74, 6) is 1.44. The molecule has 7 atom stereocenters. The molecule has 29 heavy (non-hydrogen) atoms. The Balaban J connectivity index is 2.58. The van der Waals surface area contributed by atoms with Gasteiger partial charge >= 0.3 is 0 Å². The van der Waals surface area contributed by atoms with Crippen LogP contribution in [0.25, 0.3) is 0 Å². The van der Waals surface area contributed by atoms with Crippen molar-refractivity contribution in [2.24, 2.45) is 35.1 Å². The summed E-state index contributed by atoms with van der Waals surface area (Å²) in [7, 11) is 0. The van der Waals surface area contributed by atoms with Crippen molar-refractivity contribution >= 4 is 5.84 Å². The van der Waals surface area contributed by atoms with Gasteiger partial charge < -0.3 is 32.1 Å². The van der Waals surface area contributed by atoms with E-state index in [1.807, 2.05) is 13.8 Å². The second-order valence-electron chi connectivity index (χ2n) is 9.11. The molecule has 0 radical (unpaired) electrons. The van der Waals surface area contributed by atoms with Crippen LogP contribution < -0.4 is 16.8 Å². The summed E-state index contributed by atoms with van der Waals surface area (Å²) in [5.41, 5.74) is 13.0. The second kappa shape index (κ2) is 12.5. The summed E-state index contributed by atoms with van der Waals surface area (Å²) in [5, 5.41) is 41.3. The van der Waals surface area contributed by atoms with Crippen LogP contribution in [0.15, 0.2) is 11.3 Å². The zero-order valence-electron chi connectivity index (χ0n) is 18.7. The number of nitrogens with one attached hydrogen (secondary N) is 2. The first-order chi connectivity index (χ1) is 13.6. The minimum Gasteiger partial charge on any atom is -0.400 e. The number of nitrogens with two attached hydrogens (primary N) is 2. The highest BCUT2D eigenvalue weighted by Crippen LogP contribution is 2.34. The van der Waals surface area contributed by atoms with E-state index in [0.29, 0.717) is 29.7 Å². The highest BCUT2D eigenvalue weighted by Gasteiger charge is 2.32. The van der Waals surface area contributed by atoms with Crippen molar-refractivity contribution in [1.29, 1.82) is 5.41 Å². The van der Waals surface area contributed by atoms with E-state index in [2.05, 4.69) is 12.2 Å². The molecule has 7 unspecified atom stereocenters. The molecule has 0 spiro atoms. The van der Waals surface area contributed by atoms with Crippen molar-refractivity contribution in [3.63, 3.8) is 0 Å². The predicted molar refractivity (Wildman–Crippen MR) is 118 cm³/mol. The monoisotopic (exact) mass is 412 g/mol. The van der Waals surface area contributed by atoms with Gasteiger partial charge in [-0.1, -0.05) is 20.8 Å². The number of amidine groups is 1. The second-order valence-corrected chi connectivity index (χ2v) is 9.11. The molecule has 0 bridgehead atoms. The van der Waals surface area contributed by atoms with E-state index in [4.69, 9.17) is 22.0 Å². The molecule has 1 saturated carbocycles. The maximum absolute atomic E-state index is 10.8. The van der Waals surface area contributed by atoms with Gasteiger partial charge in [0.1, 0.15) is 0 Å². The van der Waals surface area contributed by atoms with Gasteiger partial charge in [0.05, 0.1) is 24.7 Å². The molecule has 0 aromatic rings. The minimum absolute atomic E-state index is 0.0772. The summed E-state index contributed by atoms with van der Waals surface area (Å²) in [6, 6.07) is 0.155. The molecule has 1 fully saturated rings. The quantitative estimate of drug-likeness (QED) is 0.203. The van der Waals surface area contributed by atoms with Gasteiger partial charge in [0, 0.05) is 24.7 Å². The normalized spacial score (nSPS) is 27.5. The van der Waals surface area contributed by atoms with Gasteiger partial charge in [-0.15, -0.1) is 0 Å². The van der Waals surface area contributed by atoms with Crippen LogP contribution in [0.1, 0.15) is 66.2 Å². The third kappa shape index (κ3) is 8.24. The van der Waals surface area contributed by atoms with Crippen molar-refractivity contribution in [3.8, 4) is 0 Å². The van der Waals surface area contributed by atoms with Crippen molar-refractivity contribution in [2.75, 3.05) is 13.2 Å². The molecule has 170 valence electrons. The molecule has 0 aromatic heterocycles. The standard InChI is InChI=1S/C22H44N4O3/c1-5-21(25)26-11-16-6-7-18(23)17(10-16)8-13(2)22(29)14(3)9-20(28)15(4)19(24)12-27/h13-14,16-18,20,22,27-29H,5-12,23-24H2,1-4H3,(H2,25,26)/b19-15-.